The zero-order valence-corrected chi connectivity index (χ0v) is 10.2. The molecule has 0 aliphatic heterocycles. The van der Waals surface area contributed by atoms with Gasteiger partial charge in [-0.3, -0.25) is 4.98 Å². The molecular formula is C12H15N5. The first-order valence-electron chi connectivity index (χ1n) is 5.36. The van der Waals surface area contributed by atoms with Gasteiger partial charge in [0.2, 0.25) is 0 Å². The molecule has 17 heavy (non-hydrogen) atoms. The molecule has 0 bridgehead atoms. The van der Waals surface area contributed by atoms with E-state index in [9.17, 15) is 0 Å². The smallest absolute Gasteiger partial charge is 0.180 e. The van der Waals surface area contributed by atoms with Gasteiger partial charge in [-0.2, -0.15) is 0 Å². The number of nitrogens with one attached hydrogen (secondary N) is 1. The van der Waals surface area contributed by atoms with Crippen LogP contribution in [0.4, 0.5) is 5.82 Å². The van der Waals surface area contributed by atoms with Gasteiger partial charge in [0.05, 0.1) is 0 Å². The summed E-state index contributed by atoms with van der Waals surface area (Å²) in [5, 5.41) is 0. The first-order chi connectivity index (χ1) is 8.11. The molecular weight excluding hydrogens is 214 g/mol. The molecule has 0 atom stereocenters. The largest absolute Gasteiger partial charge is 0.308 e. The van der Waals surface area contributed by atoms with Crippen LogP contribution in [-0.4, -0.2) is 15.0 Å². The number of anilines is 1. The first-order valence-corrected chi connectivity index (χ1v) is 5.36. The molecule has 0 aliphatic carbocycles. The monoisotopic (exact) mass is 229 g/mol. The SMILES string of the molecule is Cc1ccnc(-c2nc(C)c(C)c(NN)n2)c1. The van der Waals surface area contributed by atoms with Crippen molar-refractivity contribution in [2.75, 3.05) is 5.43 Å². The number of hydrogen-bond acceptors (Lipinski definition) is 5. The highest BCUT2D eigenvalue weighted by Crippen LogP contribution is 2.19. The Kier molecular flexibility index (Phi) is 3.01. The van der Waals surface area contributed by atoms with Crippen molar-refractivity contribution in [2.45, 2.75) is 20.8 Å². The molecule has 5 heteroatoms. The summed E-state index contributed by atoms with van der Waals surface area (Å²) in [4.78, 5) is 13.0. The van der Waals surface area contributed by atoms with Gasteiger partial charge in [-0.25, -0.2) is 15.8 Å². The van der Waals surface area contributed by atoms with Crippen LogP contribution >= 0.6 is 0 Å². The molecule has 0 fully saturated rings. The molecule has 0 amide bonds. The van der Waals surface area contributed by atoms with Crippen molar-refractivity contribution < 1.29 is 0 Å². The Morgan fingerprint density at radius 2 is 1.94 bits per heavy atom. The summed E-state index contributed by atoms with van der Waals surface area (Å²) in [6.07, 6.45) is 1.75. The minimum absolute atomic E-state index is 0.588. The molecule has 2 aromatic heterocycles. The van der Waals surface area contributed by atoms with E-state index in [0.29, 0.717) is 11.6 Å². The maximum atomic E-state index is 5.44. The fraction of sp³-hybridized carbons (Fsp3) is 0.250. The zero-order valence-electron chi connectivity index (χ0n) is 10.2. The maximum absolute atomic E-state index is 5.44. The molecule has 2 heterocycles. The zero-order chi connectivity index (χ0) is 12.4. The van der Waals surface area contributed by atoms with Crippen molar-refractivity contribution in [3.05, 3.63) is 35.2 Å². The van der Waals surface area contributed by atoms with Crippen molar-refractivity contribution in [3.8, 4) is 11.5 Å². The molecule has 5 nitrogen and oxygen atoms in total. The van der Waals surface area contributed by atoms with E-state index in [0.717, 1.165) is 22.5 Å². The lowest BCUT2D eigenvalue weighted by molar-refractivity contribution is 1.04. The number of pyridine rings is 1. The van der Waals surface area contributed by atoms with Gasteiger partial charge in [0, 0.05) is 17.5 Å². The number of rotatable bonds is 2. The Bertz CT molecular complexity index is 551. The number of nitrogen functional groups attached to an aromatic ring is 1. The van der Waals surface area contributed by atoms with E-state index in [1.54, 1.807) is 6.20 Å². The Morgan fingerprint density at radius 3 is 2.59 bits per heavy atom. The number of aromatic nitrogens is 3. The van der Waals surface area contributed by atoms with Crippen LogP contribution in [0.25, 0.3) is 11.5 Å². The number of aryl methyl sites for hydroxylation is 2. The third-order valence-corrected chi connectivity index (χ3v) is 2.67. The van der Waals surface area contributed by atoms with E-state index in [2.05, 4.69) is 20.4 Å². The lowest BCUT2D eigenvalue weighted by Crippen LogP contribution is -2.12. The number of nitrogens with zero attached hydrogens (tertiary/aromatic N) is 3. The number of hydrazine groups is 1. The highest BCUT2D eigenvalue weighted by Gasteiger charge is 2.09. The van der Waals surface area contributed by atoms with Gasteiger partial charge in [-0.05, 0) is 38.5 Å². The predicted octanol–water partition coefficient (Wildman–Crippen LogP) is 1.75. The van der Waals surface area contributed by atoms with Crippen LogP contribution < -0.4 is 11.3 Å². The molecule has 2 aromatic rings. The van der Waals surface area contributed by atoms with Gasteiger partial charge in [0.25, 0.3) is 0 Å². The number of nitrogens with two attached hydrogens (primary N) is 1. The molecule has 0 spiro atoms. The second-order valence-corrected chi connectivity index (χ2v) is 3.97. The predicted molar refractivity (Wildman–Crippen MR) is 67.3 cm³/mol. The molecule has 0 aliphatic rings. The molecule has 0 saturated carbocycles. The number of hydrogen-bond donors (Lipinski definition) is 2. The molecule has 0 radical (unpaired) electrons. The van der Waals surface area contributed by atoms with Crippen molar-refractivity contribution in [3.63, 3.8) is 0 Å². The van der Waals surface area contributed by atoms with Crippen molar-refractivity contribution in [1.29, 1.82) is 0 Å². The summed E-state index contributed by atoms with van der Waals surface area (Å²) in [6, 6.07) is 3.89. The minimum atomic E-state index is 0.588. The Balaban J connectivity index is 2.56. The van der Waals surface area contributed by atoms with Crippen LogP contribution in [0.3, 0.4) is 0 Å². The van der Waals surface area contributed by atoms with Crippen LogP contribution in [0.15, 0.2) is 18.3 Å². The highest BCUT2D eigenvalue weighted by atomic mass is 15.3. The average molecular weight is 229 g/mol. The van der Waals surface area contributed by atoms with Crippen LogP contribution in [0.5, 0.6) is 0 Å². The van der Waals surface area contributed by atoms with Gasteiger partial charge < -0.3 is 5.43 Å². The van der Waals surface area contributed by atoms with Gasteiger partial charge >= 0.3 is 0 Å². The van der Waals surface area contributed by atoms with Gasteiger partial charge in [0.15, 0.2) is 5.82 Å². The quantitative estimate of drug-likeness (QED) is 0.606. The topological polar surface area (TPSA) is 76.7 Å². The standard InChI is InChI=1S/C12H15N5/c1-7-4-5-14-10(6-7)12-15-9(3)8(2)11(16-12)17-13/h4-6H,13H2,1-3H3,(H,15,16,17). The van der Waals surface area contributed by atoms with E-state index in [4.69, 9.17) is 5.84 Å². The van der Waals surface area contributed by atoms with Crippen LogP contribution in [-0.2, 0) is 0 Å². The normalized spacial score (nSPS) is 10.4. The summed E-state index contributed by atoms with van der Waals surface area (Å²) in [5.74, 6) is 6.66. The van der Waals surface area contributed by atoms with Gasteiger partial charge in [0.1, 0.15) is 11.5 Å². The maximum Gasteiger partial charge on any atom is 0.180 e. The van der Waals surface area contributed by atoms with Crippen LogP contribution in [0.2, 0.25) is 0 Å². The highest BCUT2D eigenvalue weighted by molar-refractivity contribution is 5.56. The second kappa shape index (κ2) is 4.47. The van der Waals surface area contributed by atoms with Crippen LogP contribution in [0, 0.1) is 20.8 Å². The molecule has 0 aromatic carbocycles. The molecule has 0 saturated heterocycles. The summed E-state index contributed by atoms with van der Waals surface area (Å²) in [6.45, 7) is 5.86. The summed E-state index contributed by atoms with van der Waals surface area (Å²) in [5.41, 5.74) is 6.30. The van der Waals surface area contributed by atoms with E-state index < -0.39 is 0 Å². The lowest BCUT2D eigenvalue weighted by atomic mass is 10.2. The second-order valence-electron chi connectivity index (χ2n) is 3.97. The molecule has 3 N–H and O–H groups in total. The minimum Gasteiger partial charge on any atom is -0.308 e. The first kappa shape index (κ1) is 11.5. The van der Waals surface area contributed by atoms with Gasteiger partial charge in [-0.15, -0.1) is 0 Å². The van der Waals surface area contributed by atoms with Crippen molar-refractivity contribution >= 4 is 5.82 Å². The van der Waals surface area contributed by atoms with E-state index in [1.807, 2.05) is 32.9 Å². The summed E-state index contributed by atoms with van der Waals surface area (Å²) >= 11 is 0. The van der Waals surface area contributed by atoms with Crippen molar-refractivity contribution in [2.24, 2.45) is 5.84 Å². The molecule has 88 valence electrons. The Morgan fingerprint density at radius 1 is 1.18 bits per heavy atom. The fourth-order valence-electron chi connectivity index (χ4n) is 1.54. The molecule has 2 rings (SSSR count). The summed E-state index contributed by atoms with van der Waals surface area (Å²) in [7, 11) is 0. The van der Waals surface area contributed by atoms with Gasteiger partial charge in [-0.1, -0.05) is 0 Å². The average Bonchev–Trinajstić information content (AvgIpc) is 2.32. The Labute approximate surface area is 100 Å². The third-order valence-electron chi connectivity index (χ3n) is 2.67. The fourth-order valence-corrected chi connectivity index (χ4v) is 1.54. The third kappa shape index (κ3) is 2.24. The summed E-state index contributed by atoms with van der Waals surface area (Å²) < 4.78 is 0. The van der Waals surface area contributed by atoms with Crippen LogP contribution in [0.1, 0.15) is 16.8 Å². The molecule has 0 unspecified atom stereocenters. The lowest BCUT2D eigenvalue weighted by Gasteiger charge is -2.09. The van der Waals surface area contributed by atoms with E-state index in [-0.39, 0.29) is 0 Å². The van der Waals surface area contributed by atoms with E-state index >= 15 is 0 Å². The van der Waals surface area contributed by atoms with E-state index in [1.165, 1.54) is 0 Å². The Hall–Kier alpha value is -2.01. The van der Waals surface area contributed by atoms with Crippen molar-refractivity contribution in [1.82, 2.24) is 15.0 Å².